The molecular formula is C16H20ClN3O3S. The summed E-state index contributed by atoms with van der Waals surface area (Å²) in [5.74, 6) is -0.457. The molecule has 0 aliphatic heterocycles. The van der Waals surface area contributed by atoms with Crippen LogP contribution in [0.5, 0.6) is 0 Å². The monoisotopic (exact) mass is 369 g/mol. The fourth-order valence-electron chi connectivity index (χ4n) is 2.15. The van der Waals surface area contributed by atoms with Gasteiger partial charge in [-0.1, -0.05) is 23.4 Å². The van der Waals surface area contributed by atoms with E-state index >= 15 is 0 Å². The highest BCUT2D eigenvalue weighted by molar-refractivity contribution is 8.00. The van der Waals surface area contributed by atoms with E-state index in [9.17, 15) is 9.59 Å². The Morgan fingerprint density at radius 1 is 1.50 bits per heavy atom. The lowest BCUT2D eigenvalue weighted by Gasteiger charge is -2.15. The van der Waals surface area contributed by atoms with Crippen LogP contribution in [0.4, 0.5) is 0 Å². The highest BCUT2D eigenvalue weighted by Gasteiger charge is 2.17. The molecule has 0 unspecified atom stereocenters. The van der Waals surface area contributed by atoms with Gasteiger partial charge in [0.25, 0.3) is 5.56 Å². The van der Waals surface area contributed by atoms with Crippen molar-refractivity contribution in [3.8, 4) is 0 Å². The molecule has 8 heteroatoms. The molecule has 24 heavy (non-hydrogen) atoms. The molecule has 1 aromatic heterocycles. The quantitative estimate of drug-likeness (QED) is 0.438. The Labute approximate surface area is 149 Å². The molecule has 1 atom stereocenters. The molecule has 6 nitrogen and oxygen atoms in total. The number of rotatable bonds is 8. The van der Waals surface area contributed by atoms with Crippen LogP contribution < -0.4 is 11.3 Å². The minimum atomic E-state index is -0.494. The molecule has 0 aliphatic rings. The van der Waals surface area contributed by atoms with E-state index in [1.54, 1.807) is 29.7 Å². The largest absolute Gasteiger partial charge is 0.382 e. The smallest absolute Gasteiger partial charge is 0.262 e. The van der Waals surface area contributed by atoms with Crippen LogP contribution in [0.3, 0.4) is 0 Å². The number of nitrogens with two attached hydrogens (primary N) is 1. The lowest BCUT2D eigenvalue weighted by molar-refractivity contribution is -0.117. The van der Waals surface area contributed by atoms with Gasteiger partial charge >= 0.3 is 0 Å². The van der Waals surface area contributed by atoms with E-state index in [2.05, 4.69) is 4.98 Å². The van der Waals surface area contributed by atoms with Gasteiger partial charge in [0.15, 0.2) is 5.16 Å². The number of aromatic nitrogens is 2. The van der Waals surface area contributed by atoms with E-state index in [-0.39, 0.29) is 5.56 Å². The maximum Gasteiger partial charge on any atom is 0.262 e. The molecule has 2 N–H and O–H groups in total. The third-order valence-electron chi connectivity index (χ3n) is 3.44. The number of ether oxygens (including phenoxy) is 1. The van der Waals surface area contributed by atoms with E-state index in [1.807, 2.05) is 6.92 Å². The highest BCUT2D eigenvalue weighted by Crippen LogP contribution is 2.23. The molecular weight excluding hydrogens is 350 g/mol. The first kappa shape index (κ1) is 18.8. The molecule has 0 saturated carbocycles. The second-order valence-corrected chi connectivity index (χ2v) is 6.97. The van der Waals surface area contributed by atoms with Gasteiger partial charge in [-0.05, 0) is 38.5 Å². The van der Waals surface area contributed by atoms with Crippen LogP contribution in [0.25, 0.3) is 10.9 Å². The fraction of sp³-hybridized carbons (Fsp3) is 0.438. The number of amides is 1. The number of fused-ring (bicyclic) bond motifs is 1. The van der Waals surface area contributed by atoms with Gasteiger partial charge in [0.2, 0.25) is 5.91 Å². The standard InChI is InChI=1S/C16H20ClN3O3S/c1-3-23-8-4-7-20-15(22)12-6-5-11(17)9-13(12)19-16(20)24-10(2)14(18)21/h5-6,9-10H,3-4,7-8H2,1-2H3,(H2,18,21)/t10-/m1/s1. The first-order chi connectivity index (χ1) is 11.4. The van der Waals surface area contributed by atoms with E-state index in [1.165, 1.54) is 11.8 Å². The predicted molar refractivity (Wildman–Crippen MR) is 96.6 cm³/mol. The van der Waals surface area contributed by atoms with Crippen LogP contribution in [0.2, 0.25) is 5.02 Å². The van der Waals surface area contributed by atoms with Gasteiger partial charge in [0.05, 0.1) is 16.2 Å². The van der Waals surface area contributed by atoms with Crippen LogP contribution in [0.1, 0.15) is 20.3 Å². The number of hydrogen-bond acceptors (Lipinski definition) is 5. The Morgan fingerprint density at radius 2 is 2.25 bits per heavy atom. The van der Waals surface area contributed by atoms with Gasteiger partial charge < -0.3 is 10.5 Å². The maximum absolute atomic E-state index is 12.8. The summed E-state index contributed by atoms with van der Waals surface area (Å²) in [6, 6.07) is 4.97. The summed E-state index contributed by atoms with van der Waals surface area (Å²) in [6.07, 6.45) is 0.674. The Kier molecular flexibility index (Phi) is 6.65. The second kappa shape index (κ2) is 8.50. The van der Waals surface area contributed by atoms with Gasteiger partial charge in [-0.3, -0.25) is 14.2 Å². The molecule has 0 spiro atoms. The third kappa shape index (κ3) is 4.49. The lowest BCUT2D eigenvalue weighted by Crippen LogP contribution is -2.27. The van der Waals surface area contributed by atoms with E-state index in [0.717, 1.165) is 0 Å². The Balaban J connectivity index is 2.45. The molecule has 1 heterocycles. The first-order valence-electron chi connectivity index (χ1n) is 7.67. The lowest BCUT2D eigenvalue weighted by atomic mass is 10.2. The molecule has 0 saturated heterocycles. The molecule has 0 radical (unpaired) electrons. The van der Waals surface area contributed by atoms with E-state index < -0.39 is 11.2 Å². The maximum atomic E-state index is 12.8. The van der Waals surface area contributed by atoms with Crippen molar-refractivity contribution < 1.29 is 9.53 Å². The van der Waals surface area contributed by atoms with Crippen molar-refractivity contribution in [2.75, 3.05) is 13.2 Å². The summed E-state index contributed by atoms with van der Waals surface area (Å²) in [4.78, 5) is 28.7. The van der Waals surface area contributed by atoms with Crippen LogP contribution >= 0.6 is 23.4 Å². The fourth-order valence-corrected chi connectivity index (χ4v) is 3.20. The zero-order valence-electron chi connectivity index (χ0n) is 13.6. The molecule has 0 aliphatic carbocycles. The van der Waals surface area contributed by atoms with Crippen molar-refractivity contribution in [1.82, 2.24) is 9.55 Å². The minimum absolute atomic E-state index is 0.160. The van der Waals surface area contributed by atoms with Gasteiger partial charge in [0.1, 0.15) is 0 Å². The van der Waals surface area contributed by atoms with Crippen LogP contribution in [0.15, 0.2) is 28.2 Å². The number of halogens is 1. The van der Waals surface area contributed by atoms with Crippen LogP contribution in [0, 0.1) is 0 Å². The highest BCUT2D eigenvalue weighted by atomic mass is 35.5. The average Bonchev–Trinajstić information content (AvgIpc) is 2.53. The zero-order chi connectivity index (χ0) is 17.7. The van der Waals surface area contributed by atoms with Crippen molar-refractivity contribution >= 4 is 40.2 Å². The molecule has 0 bridgehead atoms. The average molecular weight is 370 g/mol. The van der Waals surface area contributed by atoms with Crippen molar-refractivity contribution in [3.05, 3.63) is 33.6 Å². The topological polar surface area (TPSA) is 87.2 Å². The normalized spacial score (nSPS) is 12.5. The van der Waals surface area contributed by atoms with Gasteiger partial charge in [-0.2, -0.15) is 0 Å². The summed E-state index contributed by atoms with van der Waals surface area (Å²) in [7, 11) is 0. The second-order valence-electron chi connectivity index (χ2n) is 5.23. The number of nitrogens with zero attached hydrogens (tertiary/aromatic N) is 2. The van der Waals surface area contributed by atoms with E-state index in [0.29, 0.717) is 47.3 Å². The van der Waals surface area contributed by atoms with Gasteiger partial charge in [0, 0.05) is 24.8 Å². The summed E-state index contributed by atoms with van der Waals surface area (Å²) >= 11 is 7.16. The predicted octanol–water partition coefficient (Wildman–Crippen LogP) is 2.44. The van der Waals surface area contributed by atoms with Crippen molar-refractivity contribution in [1.29, 1.82) is 0 Å². The SMILES string of the molecule is CCOCCCn1c(S[C@H](C)C(N)=O)nc2cc(Cl)ccc2c1=O. The van der Waals surface area contributed by atoms with Crippen LogP contribution in [-0.2, 0) is 16.1 Å². The molecule has 130 valence electrons. The molecule has 2 aromatic rings. The number of carbonyl (C=O) groups is 1. The summed E-state index contributed by atoms with van der Waals surface area (Å²) in [5.41, 5.74) is 5.68. The third-order valence-corrected chi connectivity index (χ3v) is 4.78. The number of benzene rings is 1. The van der Waals surface area contributed by atoms with Crippen molar-refractivity contribution in [2.24, 2.45) is 5.73 Å². The zero-order valence-corrected chi connectivity index (χ0v) is 15.2. The summed E-state index contributed by atoms with van der Waals surface area (Å²) < 4.78 is 6.89. The van der Waals surface area contributed by atoms with E-state index in [4.69, 9.17) is 22.1 Å². The first-order valence-corrected chi connectivity index (χ1v) is 8.93. The molecule has 1 amide bonds. The Morgan fingerprint density at radius 3 is 2.92 bits per heavy atom. The number of primary amides is 1. The van der Waals surface area contributed by atoms with Crippen molar-refractivity contribution in [2.45, 2.75) is 37.2 Å². The van der Waals surface area contributed by atoms with Crippen molar-refractivity contribution in [3.63, 3.8) is 0 Å². The number of hydrogen-bond donors (Lipinski definition) is 1. The summed E-state index contributed by atoms with van der Waals surface area (Å²) in [5, 5.41) is 0.957. The van der Waals surface area contributed by atoms with Crippen LogP contribution in [-0.4, -0.2) is 33.9 Å². The molecule has 2 rings (SSSR count). The minimum Gasteiger partial charge on any atom is -0.382 e. The number of carbonyl (C=O) groups excluding carboxylic acids is 1. The van der Waals surface area contributed by atoms with Gasteiger partial charge in [-0.25, -0.2) is 4.98 Å². The van der Waals surface area contributed by atoms with Gasteiger partial charge in [-0.15, -0.1) is 0 Å². The molecule has 0 fully saturated rings. The Hall–Kier alpha value is -1.57. The Bertz CT molecular complexity index is 794. The number of thioether (sulfide) groups is 1. The summed E-state index contributed by atoms with van der Waals surface area (Å²) in [6.45, 7) is 5.24. The molecule has 1 aromatic carbocycles.